The standard InChI is InChI=1S/2C31H28O4.C24H19F3O6S.C8H11BO3/c2*1-20(2)29-18-28(33)31-27(23-10-5-7-21(15-23)13-14-32)16-25(17-30(31)35-29)34-19-24-11-6-9-22-8-3-4-12-26(22)24;1-14(2)20-12-19(28)23-21(32-20)10-17(11-22(23)33-34(29,30)24(25,26)27)31-13-16-8-5-7-15-6-3-4-9-18(15)16;10-5-4-7-2-1-3-8(6-7)9(11)12/h2*3-12,15-18,20,32H,13-14,19H2,1-2H3;3-12,14H,13H2,1-2H3;1-3,6,10-12H,4-5H2. The van der Waals surface area contributed by atoms with E-state index in [1.807, 2.05) is 185 Å². The molecule has 5 N–H and O–H groups in total. The van der Waals surface area contributed by atoms with Crippen LogP contribution in [0.15, 0.2) is 282 Å². The van der Waals surface area contributed by atoms with Crippen molar-refractivity contribution in [3.63, 3.8) is 0 Å². The van der Waals surface area contributed by atoms with Gasteiger partial charge in [0.2, 0.25) is 0 Å². The number of ether oxygens (including phenoxy) is 3. The van der Waals surface area contributed by atoms with Crippen LogP contribution in [0.5, 0.6) is 23.0 Å². The van der Waals surface area contributed by atoms with Crippen LogP contribution in [-0.4, -0.2) is 66.2 Å². The van der Waals surface area contributed by atoms with E-state index < -0.39 is 39.3 Å². The van der Waals surface area contributed by atoms with Gasteiger partial charge >= 0.3 is 22.7 Å². The number of aliphatic hydroxyl groups excluding tert-OH is 3. The molecule has 0 bridgehead atoms. The summed E-state index contributed by atoms with van der Waals surface area (Å²) in [6.45, 7) is 12.6. The van der Waals surface area contributed by atoms with Crippen molar-refractivity contribution < 1.29 is 78.6 Å². The van der Waals surface area contributed by atoms with Gasteiger partial charge in [0.1, 0.15) is 76.5 Å². The van der Waals surface area contributed by atoms with E-state index >= 15 is 0 Å². The molecule has 594 valence electrons. The van der Waals surface area contributed by atoms with Crippen LogP contribution < -0.4 is 40.1 Å². The molecule has 116 heavy (non-hydrogen) atoms. The van der Waals surface area contributed by atoms with E-state index in [0.29, 0.717) is 82.9 Å². The monoisotopic (exact) mass is 1590 g/mol. The van der Waals surface area contributed by atoms with Crippen LogP contribution in [0.25, 0.3) is 87.5 Å². The maximum Gasteiger partial charge on any atom is 0.534 e. The Labute approximate surface area is 667 Å². The molecule has 0 fully saturated rings. The summed E-state index contributed by atoms with van der Waals surface area (Å²) in [6, 6.07) is 78.7. The fraction of sp³-hybridized carbons (Fsp3) is 0.202. The molecule has 22 heteroatoms. The number of alkyl halides is 3. The van der Waals surface area contributed by atoms with Gasteiger partial charge in [0.05, 0.1) is 10.8 Å². The maximum atomic E-state index is 13.2. The third-order valence-electron chi connectivity index (χ3n) is 19.4. The third-order valence-corrected chi connectivity index (χ3v) is 20.3. The van der Waals surface area contributed by atoms with Crippen LogP contribution in [0, 0.1) is 0 Å². The van der Waals surface area contributed by atoms with E-state index in [0.717, 1.165) is 89.3 Å². The summed E-state index contributed by atoms with van der Waals surface area (Å²) in [7, 11) is -7.46. The lowest BCUT2D eigenvalue weighted by Crippen LogP contribution is -2.29. The zero-order valence-corrected chi connectivity index (χ0v) is 65.4. The highest BCUT2D eigenvalue weighted by molar-refractivity contribution is 7.88. The summed E-state index contributed by atoms with van der Waals surface area (Å²) in [5.74, 6) is 1.95. The van der Waals surface area contributed by atoms with Gasteiger partial charge in [-0.2, -0.15) is 21.6 Å². The molecule has 0 unspecified atom stereocenters. The summed E-state index contributed by atoms with van der Waals surface area (Å²) in [5, 5.41) is 52.2. The van der Waals surface area contributed by atoms with Crippen LogP contribution in [0.2, 0.25) is 0 Å². The van der Waals surface area contributed by atoms with Crippen LogP contribution in [0.1, 0.15) is 110 Å². The van der Waals surface area contributed by atoms with Crippen molar-refractivity contribution in [1.29, 1.82) is 0 Å². The molecule has 0 aliphatic carbocycles. The largest absolute Gasteiger partial charge is 0.534 e. The van der Waals surface area contributed by atoms with Gasteiger partial charge in [0.25, 0.3) is 0 Å². The van der Waals surface area contributed by atoms with Crippen LogP contribution in [0.3, 0.4) is 0 Å². The lowest BCUT2D eigenvalue weighted by atomic mass is 9.79. The highest BCUT2D eigenvalue weighted by Crippen LogP contribution is 2.39. The van der Waals surface area contributed by atoms with Gasteiger partial charge in [-0.3, -0.25) is 14.4 Å². The van der Waals surface area contributed by atoms with Gasteiger partial charge in [-0.1, -0.05) is 242 Å². The average Bonchev–Trinajstić information content (AvgIpc) is 0.771. The third kappa shape index (κ3) is 20.1. The molecule has 0 aliphatic heterocycles. The van der Waals surface area contributed by atoms with Crippen molar-refractivity contribution in [1.82, 2.24) is 0 Å². The average molecular weight is 1590 g/mol. The van der Waals surface area contributed by atoms with Crippen LogP contribution in [-0.2, 0) is 49.2 Å². The second-order valence-electron chi connectivity index (χ2n) is 28.7. The Morgan fingerprint density at radius 3 is 1.08 bits per heavy atom. The second kappa shape index (κ2) is 37.4. The van der Waals surface area contributed by atoms with Crippen molar-refractivity contribution in [3.05, 3.63) is 336 Å². The Balaban J connectivity index is 0.000000149. The molecule has 15 aromatic rings. The molecular formula is C94H86BF3O17S. The predicted octanol–water partition coefficient (Wildman–Crippen LogP) is 18.5. The smallest absolute Gasteiger partial charge is 0.489 e. The Kier molecular flexibility index (Phi) is 26.9. The molecule has 0 atom stereocenters. The molecule has 3 aromatic heterocycles. The molecule has 0 saturated carbocycles. The quantitative estimate of drug-likeness (QED) is 0.0226. The first kappa shape index (κ1) is 83.3. The van der Waals surface area contributed by atoms with Crippen molar-refractivity contribution in [2.75, 3.05) is 19.8 Å². The number of fused-ring (bicyclic) bond motifs is 6. The molecule has 0 aliphatic rings. The molecule has 15 rings (SSSR count). The topological polar surface area (TPSA) is 263 Å². The molecule has 17 nitrogen and oxygen atoms in total. The minimum absolute atomic E-state index is 0.0203. The van der Waals surface area contributed by atoms with E-state index in [2.05, 4.69) is 52.7 Å². The summed E-state index contributed by atoms with van der Waals surface area (Å²) in [5.41, 5.74) is 3.96. The number of hydrogen-bond acceptors (Lipinski definition) is 17. The summed E-state index contributed by atoms with van der Waals surface area (Å²) in [6.07, 6.45) is 1.64. The van der Waals surface area contributed by atoms with E-state index in [4.69, 9.17) is 42.6 Å². The zero-order chi connectivity index (χ0) is 82.4. The molecule has 3 heterocycles. The van der Waals surface area contributed by atoms with Crippen molar-refractivity contribution in [2.24, 2.45) is 0 Å². The van der Waals surface area contributed by atoms with E-state index in [9.17, 15) is 46.2 Å². The highest BCUT2D eigenvalue weighted by atomic mass is 32.2. The van der Waals surface area contributed by atoms with Crippen molar-refractivity contribution >= 4 is 87.9 Å². The van der Waals surface area contributed by atoms with E-state index in [1.54, 1.807) is 44.2 Å². The summed E-state index contributed by atoms with van der Waals surface area (Å²) in [4.78, 5) is 39.1. The Hall–Kier alpha value is -12.1. The number of benzene rings is 12. The Morgan fingerprint density at radius 1 is 0.388 bits per heavy atom. The fourth-order valence-electron chi connectivity index (χ4n) is 13.4. The van der Waals surface area contributed by atoms with E-state index in [-0.39, 0.29) is 72.1 Å². The van der Waals surface area contributed by atoms with Gasteiger partial charge in [-0.25, -0.2) is 0 Å². The lowest BCUT2D eigenvalue weighted by molar-refractivity contribution is -0.0499. The van der Waals surface area contributed by atoms with E-state index in [1.165, 1.54) is 16.8 Å². The second-order valence-corrected chi connectivity index (χ2v) is 30.2. The van der Waals surface area contributed by atoms with Crippen molar-refractivity contribution in [3.8, 4) is 45.3 Å². The highest BCUT2D eigenvalue weighted by Gasteiger charge is 2.49. The van der Waals surface area contributed by atoms with Crippen LogP contribution >= 0.6 is 0 Å². The predicted molar refractivity (Wildman–Crippen MR) is 450 cm³/mol. The Morgan fingerprint density at radius 2 is 0.716 bits per heavy atom. The maximum absolute atomic E-state index is 13.2. The molecule has 0 saturated heterocycles. The minimum Gasteiger partial charge on any atom is -0.489 e. The van der Waals surface area contributed by atoms with Crippen molar-refractivity contribution in [2.45, 2.75) is 104 Å². The number of rotatable bonds is 23. The first-order valence-electron chi connectivity index (χ1n) is 37.9. The number of halogens is 3. The Bertz CT molecular complexity index is 6080. The number of aliphatic hydroxyl groups is 3. The normalized spacial score (nSPS) is 11.6. The lowest BCUT2D eigenvalue weighted by Gasteiger charge is -2.15. The number of hydrogen-bond donors (Lipinski definition) is 5. The SMILES string of the molecule is CC(C)c1cc(=O)c2c(-c3cccc(CCO)c3)cc(OCc3cccc4ccccc34)cc2o1.CC(C)c1cc(=O)c2c(-c3cccc(CCO)c3)cc(OCc3cccc4ccccc34)cc2o1.CC(C)c1cc(=O)c2c(OS(=O)(=O)C(F)(F)F)cc(OCc3cccc4ccccc34)cc2o1.OCCc1cccc(B(O)O)c1. The van der Waals surface area contributed by atoms with Gasteiger partial charge < -0.3 is 57.0 Å². The molecule has 0 radical (unpaired) electrons. The minimum atomic E-state index is -6.03. The van der Waals surface area contributed by atoms with Crippen LogP contribution in [0.4, 0.5) is 13.2 Å². The molecule has 0 amide bonds. The first-order chi connectivity index (χ1) is 55.8. The zero-order valence-electron chi connectivity index (χ0n) is 64.6. The van der Waals surface area contributed by atoms with Gasteiger partial charge in [0.15, 0.2) is 22.0 Å². The summed E-state index contributed by atoms with van der Waals surface area (Å²) >= 11 is 0. The summed E-state index contributed by atoms with van der Waals surface area (Å²) < 4.78 is 103. The molecule has 0 spiro atoms. The van der Waals surface area contributed by atoms with Gasteiger partial charge in [-0.15, -0.1) is 0 Å². The fourth-order valence-corrected chi connectivity index (χ4v) is 13.9. The molecular weight excluding hydrogens is 1500 g/mol. The first-order valence-corrected chi connectivity index (χ1v) is 39.3. The molecule has 12 aromatic carbocycles. The van der Waals surface area contributed by atoms with Gasteiger partial charge in [0, 0.05) is 91.2 Å². The van der Waals surface area contributed by atoms with Gasteiger partial charge in [-0.05, 0) is 114 Å².